The van der Waals surface area contributed by atoms with Gasteiger partial charge in [-0.2, -0.15) is 0 Å². The molecule has 3 N–H and O–H groups in total. The third kappa shape index (κ3) is 7.12. The number of benzene rings is 1. The van der Waals surface area contributed by atoms with Crippen molar-refractivity contribution in [1.29, 1.82) is 0 Å². The smallest absolute Gasteiger partial charge is 0.0541 e. The maximum Gasteiger partial charge on any atom is 0.0541 e. The van der Waals surface area contributed by atoms with Gasteiger partial charge >= 0.3 is 0 Å². The number of rotatable bonds is 5. The van der Waals surface area contributed by atoms with E-state index in [0.29, 0.717) is 0 Å². The minimum Gasteiger partial charge on any atom is -0.370 e. The summed E-state index contributed by atoms with van der Waals surface area (Å²) in [5.74, 6) is 0. The van der Waals surface area contributed by atoms with Gasteiger partial charge in [0.15, 0.2) is 0 Å². The highest BCUT2D eigenvalue weighted by atomic mass is 15.1. The van der Waals surface area contributed by atoms with Crippen LogP contribution in [0.2, 0.25) is 0 Å². The van der Waals surface area contributed by atoms with Crippen LogP contribution in [0.1, 0.15) is 22.6 Å². The maximum atomic E-state index is 4.87. The molecule has 0 fully saturated rings. The van der Waals surface area contributed by atoms with Crippen molar-refractivity contribution in [1.82, 2.24) is 25.9 Å². The lowest BCUT2D eigenvalue weighted by Gasteiger charge is -2.26. The fourth-order valence-corrected chi connectivity index (χ4v) is 3.95. The van der Waals surface area contributed by atoms with Crippen LogP contribution < -0.4 is 20.9 Å². The number of pyridine rings is 2. The molecule has 0 atom stereocenters. The average molecular weight is 431 g/mol. The van der Waals surface area contributed by atoms with Crippen molar-refractivity contribution >= 4 is 5.69 Å². The van der Waals surface area contributed by atoms with Gasteiger partial charge in [-0.3, -0.25) is 9.97 Å². The van der Waals surface area contributed by atoms with Crippen LogP contribution in [0.4, 0.5) is 5.69 Å². The first-order chi connectivity index (χ1) is 15.9. The van der Waals surface area contributed by atoms with Crippen molar-refractivity contribution in [3.05, 3.63) is 89.5 Å². The number of anilines is 1. The average Bonchev–Trinajstić information content (AvgIpc) is 2.84. The summed E-state index contributed by atoms with van der Waals surface area (Å²) in [5.41, 5.74) is 5.96. The van der Waals surface area contributed by atoms with Crippen molar-refractivity contribution in [2.24, 2.45) is 0 Å². The highest BCUT2D eigenvalue weighted by Crippen LogP contribution is 2.16. The quantitative estimate of drug-likeness (QED) is 0.578. The molecule has 3 heterocycles. The van der Waals surface area contributed by atoms with Crippen LogP contribution in [-0.2, 0) is 25.9 Å². The van der Waals surface area contributed by atoms with E-state index in [9.17, 15) is 0 Å². The van der Waals surface area contributed by atoms with Gasteiger partial charge < -0.3 is 20.9 Å². The molecule has 0 saturated carbocycles. The number of nitrogens with one attached hydrogen (secondary N) is 3. The molecule has 0 amide bonds. The molecule has 1 aliphatic rings. The maximum absolute atomic E-state index is 4.87. The van der Waals surface area contributed by atoms with Crippen LogP contribution in [-0.4, -0.2) is 49.2 Å². The number of fused-ring (bicyclic) bond motifs is 2. The van der Waals surface area contributed by atoms with Gasteiger partial charge in [0.05, 0.1) is 5.69 Å². The van der Waals surface area contributed by atoms with Crippen LogP contribution in [0.25, 0.3) is 0 Å². The molecule has 0 unspecified atom stereocenters. The van der Waals surface area contributed by atoms with Gasteiger partial charge in [-0.25, -0.2) is 0 Å². The van der Waals surface area contributed by atoms with E-state index in [-0.39, 0.29) is 0 Å². The lowest BCUT2D eigenvalue weighted by atomic mass is 10.1. The summed E-state index contributed by atoms with van der Waals surface area (Å²) in [6.07, 6.45) is 3.77. The van der Waals surface area contributed by atoms with E-state index in [0.717, 1.165) is 70.9 Å². The van der Waals surface area contributed by atoms with Crippen LogP contribution in [0.5, 0.6) is 0 Å². The molecule has 32 heavy (non-hydrogen) atoms. The first-order valence-electron chi connectivity index (χ1n) is 11.7. The SMILES string of the molecule is c1ccc(CNCc2ccc(N3CCNCCNCCc4cccc(n4)CC3)cc2)nc1. The summed E-state index contributed by atoms with van der Waals surface area (Å²) in [5, 5.41) is 10.5. The lowest BCUT2D eigenvalue weighted by Crippen LogP contribution is -2.37. The molecular weight excluding hydrogens is 396 g/mol. The second-order valence-electron chi connectivity index (χ2n) is 8.20. The Kier molecular flexibility index (Phi) is 8.60. The molecule has 0 aliphatic carbocycles. The molecule has 2 bridgehead atoms. The zero-order chi connectivity index (χ0) is 21.8. The minimum absolute atomic E-state index is 0.779. The van der Waals surface area contributed by atoms with E-state index in [4.69, 9.17) is 4.98 Å². The molecule has 6 nitrogen and oxygen atoms in total. The Hall–Kier alpha value is -2.80. The van der Waals surface area contributed by atoms with E-state index in [1.807, 2.05) is 24.4 Å². The molecule has 1 aromatic carbocycles. The van der Waals surface area contributed by atoms with Crippen LogP contribution in [0.15, 0.2) is 66.9 Å². The van der Waals surface area contributed by atoms with E-state index in [2.05, 4.69) is 68.3 Å². The zero-order valence-corrected chi connectivity index (χ0v) is 18.8. The van der Waals surface area contributed by atoms with Gasteiger partial charge in [-0.15, -0.1) is 0 Å². The van der Waals surface area contributed by atoms with Crippen LogP contribution in [0.3, 0.4) is 0 Å². The highest BCUT2D eigenvalue weighted by Gasteiger charge is 2.09. The van der Waals surface area contributed by atoms with Crippen molar-refractivity contribution in [2.45, 2.75) is 25.9 Å². The Bertz CT molecular complexity index is 929. The standard InChI is InChI=1S/C26H34N6/c1-2-13-30-25(4-1)21-29-20-22-7-9-26(10-8-22)32-18-12-24-6-3-5-23(31-24)11-14-27-15-16-28-17-19-32/h1-10,13,27-29H,11-12,14-21H2. The highest BCUT2D eigenvalue weighted by molar-refractivity contribution is 5.48. The van der Waals surface area contributed by atoms with E-state index < -0.39 is 0 Å². The van der Waals surface area contributed by atoms with E-state index >= 15 is 0 Å². The fraction of sp³-hybridized carbons (Fsp3) is 0.385. The Morgan fingerprint density at radius 3 is 2.38 bits per heavy atom. The second kappa shape index (κ2) is 12.3. The van der Waals surface area contributed by atoms with Crippen LogP contribution >= 0.6 is 0 Å². The summed E-state index contributed by atoms with van der Waals surface area (Å²) >= 11 is 0. The molecule has 0 radical (unpaired) electrons. The fourth-order valence-electron chi connectivity index (χ4n) is 3.95. The zero-order valence-electron chi connectivity index (χ0n) is 18.8. The first kappa shape index (κ1) is 22.4. The molecule has 2 aromatic heterocycles. The van der Waals surface area contributed by atoms with Crippen molar-refractivity contribution in [3.63, 3.8) is 0 Å². The summed E-state index contributed by atoms with van der Waals surface area (Å²) in [6.45, 7) is 7.49. The molecule has 1 aliphatic heterocycles. The third-order valence-electron chi connectivity index (χ3n) is 5.76. The molecule has 168 valence electrons. The Balaban J connectivity index is 1.36. The van der Waals surface area contributed by atoms with Gasteiger partial charge in [0.25, 0.3) is 0 Å². The Morgan fingerprint density at radius 2 is 1.56 bits per heavy atom. The van der Waals surface area contributed by atoms with Gasteiger partial charge in [0.1, 0.15) is 0 Å². The minimum atomic E-state index is 0.779. The Morgan fingerprint density at radius 1 is 0.750 bits per heavy atom. The molecule has 0 spiro atoms. The predicted molar refractivity (Wildman–Crippen MR) is 131 cm³/mol. The number of aromatic nitrogens is 2. The number of hydrogen-bond acceptors (Lipinski definition) is 6. The summed E-state index contributed by atoms with van der Waals surface area (Å²) < 4.78 is 0. The largest absolute Gasteiger partial charge is 0.370 e. The summed E-state index contributed by atoms with van der Waals surface area (Å²) in [6, 6.07) is 21.4. The third-order valence-corrected chi connectivity index (χ3v) is 5.76. The summed E-state index contributed by atoms with van der Waals surface area (Å²) in [7, 11) is 0. The van der Waals surface area contributed by atoms with Crippen molar-refractivity contribution in [2.75, 3.05) is 44.2 Å². The first-order valence-corrected chi connectivity index (χ1v) is 11.7. The normalized spacial score (nSPS) is 15.8. The van der Waals surface area contributed by atoms with Crippen molar-refractivity contribution in [3.8, 4) is 0 Å². The molecule has 4 rings (SSSR count). The topological polar surface area (TPSA) is 65.1 Å². The Labute approximate surface area is 191 Å². The van der Waals surface area contributed by atoms with Gasteiger partial charge in [-0.05, 0) is 42.0 Å². The van der Waals surface area contributed by atoms with E-state index in [1.54, 1.807) is 0 Å². The lowest BCUT2D eigenvalue weighted by molar-refractivity contribution is 0.597. The molecule has 6 heteroatoms. The molecule has 0 saturated heterocycles. The second-order valence-corrected chi connectivity index (χ2v) is 8.20. The summed E-state index contributed by atoms with van der Waals surface area (Å²) in [4.78, 5) is 11.7. The van der Waals surface area contributed by atoms with Gasteiger partial charge in [-0.1, -0.05) is 24.3 Å². The van der Waals surface area contributed by atoms with Crippen LogP contribution in [0, 0.1) is 0 Å². The van der Waals surface area contributed by atoms with E-state index in [1.165, 1.54) is 22.6 Å². The van der Waals surface area contributed by atoms with Crippen molar-refractivity contribution < 1.29 is 0 Å². The van der Waals surface area contributed by atoms with Gasteiger partial charge in [0, 0.05) is 88.5 Å². The monoisotopic (exact) mass is 430 g/mol. The number of hydrogen-bond donors (Lipinski definition) is 3. The molecule has 3 aromatic rings. The predicted octanol–water partition coefficient (Wildman–Crippen LogP) is 2.55. The number of nitrogens with zero attached hydrogens (tertiary/aromatic N) is 3. The molecular formula is C26H34N6. The van der Waals surface area contributed by atoms with Gasteiger partial charge in [0.2, 0.25) is 0 Å².